The molecule has 1 aliphatic carbocycles. The molecule has 0 bridgehead atoms. The van der Waals surface area contributed by atoms with E-state index in [-0.39, 0.29) is 6.10 Å². The Labute approximate surface area is 191 Å². The highest BCUT2D eigenvalue weighted by Gasteiger charge is 2.26. The van der Waals surface area contributed by atoms with Crippen LogP contribution in [0.15, 0.2) is 60.2 Å². The standard InChI is InChI=1S/C29H34F2O/c1-3-4-5-6-21-8-10-24(11-9-21)27-18-16-25(19-32-27)22-12-14-23(15-13-22)26-17-7-20(2)28(30)29(26)31/h7-8,10-15,17,21,25,27H,3-6,9,16,18-19H2,1-2H3. The topological polar surface area (TPSA) is 9.23 Å². The molecule has 2 aromatic rings. The average Bonchev–Trinajstić information content (AvgIpc) is 2.84. The predicted octanol–water partition coefficient (Wildman–Crippen LogP) is 8.29. The second-order valence-electron chi connectivity index (χ2n) is 9.33. The van der Waals surface area contributed by atoms with E-state index >= 15 is 0 Å². The molecule has 3 heteroatoms. The van der Waals surface area contributed by atoms with Crippen LogP contribution in [0.2, 0.25) is 0 Å². The summed E-state index contributed by atoms with van der Waals surface area (Å²) in [5.74, 6) is -0.512. The molecule has 2 aromatic carbocycles. The highest BCUT2D eigenvalue weighted by Crippen LogP contribution is 2.34. The summed E-state index contributed by atoms with van der Waals surface area (Å²) >= 11 is 0. The summed E-state index contributed by atoms with van der Waals surface area (Å²) in [4.78, 5) is 0. The van der Waals surface area contributed by atoms with Gasteiger partial charge in [0.2, 0.25) is 0 Å². The monoisotopic (exact) mass is 436 g/mol. The van der Waals surface area contributed by atoms with E-state index in [1.165, 1.54) is 36.8 Å². The number of unbranched alkanes of at least 4 members (excludes halogenated alkanes) is 2. The summed E-state index contributed by atoms with van der Waals surface area (Å²) in [7, 11) is 0. The smallest absolute Gasteiger partial charge is 0.166 e. The van der Waals surface area contributed by atoms with Crippen molar-refractivity contribution in [3.8, 4) is 11.1 Å². The predicted molar refractivity (Wildman–Crippen MR) is 128 cm³/mol. The zero-order valence-corrected chi connectivity index (χ0v) is 19.2. The van der Waals surface area contributed by atoms with E-state index in [0.29, 0.717) is 35.1 Å². The van der Waals surface area contributed by atoms with Crippen LogP contribution in [0.3, 0.4) is 0 Å². The van der Waals surface area contributed by atoms with E-state index in [1.807, 2.05) is 24.3 Å². The maximum absolute atomic E-state index is 14.3. The van der Waals surface area contributed by atoms with Gasteiger partial charge in [0.15, 0.2) is 11.6 Å². The Balaban J connectivity index is 1.32. The Bertz CT molecular complexity index is 965. The molecule has 1 nitrogen and oxygen atoms in total. The quantitative estimate of drug-likeness (QED) is 0.397. The van der Waals surface area contributed by atoms with Crippen LogP contribution in [0.25, 0.3) is 11.1 Å². The first-order valence-corrected chi connectivity index (χ1v) is 12.1. The molecule has 0 spiro atoms. The lowest BCUT2D eigenvalue weighted by atomic mass is 9.85. The van der Waals surface area contributed by atoms with Crippen LogP contribution in [0.1, 0.15) is 68.9 Å². The van der Waals surface area contributed by atoms with Gasteiger partial charge in [0.25, 0.3) is 0 Å². The van der Waals surface area contributed by atoms with Gasteiger partial charge in [-0.05, 0) is 60.8 Å². The van der Waals surface area contributed by atoms with Gasteiger partial charge in [-0.2, -0.15) is 0 Å². The van der Waals surface area contributed by atoms with Gasteiger partial charge in [-0.15, -0.1) is 0 Å². The normalized spacial score (nSPS) is 23.2. The minimum atomic E-state index is -0.775. The van der Waals surface area contributed by atoms with Gasteiger partial charge in [-0.3, -0.25) is 0 Å². The highest BCUT2D eigenvalue weighted by molar-refractivity contribution is 5.65. The van der Waals surface area contributed by atoms with E-state index in [4.69, 9.17) is 4.74 Å². The average molecular weight is 437 g/mol. The summed E-state index contributed by atoms with van der Waals surface area (Å²) in [5.41, 5.74) is 3.87. The van der Waals surface area contributed by atoms with Gasteiger partial charge in [0.05, 0.1) is 12.7 Å². The molecule has 2 aliphatic rings. The van der Waals surface area contributed by atoms with Crippen LogP contribution in [0.5, 0.6) is 0 Å². The van der Waals surface area contributed by atoms with Crippen LogP contribution in [-0.2, 0) is 4.74 Å². The van der Waals surface area contributed by atoms with Crippen LogP contribution >= 0.6 is 0 Å². The summed E-state index contributed by atoms with van der Waals surface area (Å²) in [6.07, 6.45) is 15.7. The fraction of sp³-hybridized carbons (Fsp3) is 0.448. The number of hydrogen-bond acceptors (Lipinski definition) is 1. The summed E-state index contributed by atoms with van der Waals surface area (Å²) in [5, 5.41) is 0. The minimum absolute atomic E-state index is 0.197. The van der Waals surface area contributed by atoms with E-state index in [2.05, 4.69) is 25.2 Å². The Morgan fingerprint density at radius 2 is 1.78 bits per heavy atom. The summed E-state index contributed by atoms with van der Waals surface area (Å²) in [6, 6.07) is 11.1. The van der Waals surface area contributed by atoms with Gasteiger partial charge in [0, 0.05) is 11.5 Å². The van der Waals surface area contributed by atoms with Crippen LogP contribution in [-0.4, -0.2) is 12.7 Å². The molecule has 0 amide bonds. The molecule has 0 radical (unpaired) electrons. The maximum atomic E-state index is 14.3. The molecule has 3 atom stereocenters. The molecule has 1 saturated heterocycles. The van der Waals surface area contributed by atoms with Gasteiger partial charge in [-0.1, -0.05) is 80.8 Å². The van der Waals surface area contributed by atoms with Crippen LogP contribution < -0.4 is 0 Å². The van der Waals surface area contributed by atoms with Crippen molar-refractivity contribution in [1.29, 1.82) is 0 Å². The van der Waals surface area contributed by atoms with Crippen molar-refractivity contribution in [1.82, 2.24) is 0 Å². The number of rotatable bonds is 7. The summed E-state index contributed by atoms with van der Waals surface area (Å²) in [6.45, 7) is 4.52. The lowest BCUT2D eigenvalue weighted by Crippen LogP contribution is -2.26. The van der Waals surface area contributed by atoms with E-state index in [9.17, 15) is 8.78 Å². The minimum Gasteiger partial charge on any atom is -0.373 e. The molecular formula is C29H34F2O. The van der Waals surface area contributed by atoms with E-state index in [1.54, 1.807) is 19.1 Å². The SMILES string of the molecule is CCCCCC1C=CC(C2CCC(c3ccc(-c4ccc(C)c(F)c4F)cc3)CO2)=CC1. The fourth-order valence-electron chi connectivity index (χ4n) is 4.87. The van der Waals surface area contributed by atoms with E-state index in [0.717, 1.165) is 19.3 Å². The van der Waals surface area contributed by atoms with Gasteiger partial charge in [-0.25, -0.2) is 8.78 Å². The third-order valence-electron chi connectivity index (χ3n) is 7.01. The van der Waals surface area contributed by atoms with Crippen molar-refractivity contribution in [2.75, 3.05) is 6.61 Å². The molecular weight excluding hydrogens is 402 g/mol. The molecule has 0 N–H and O–H groups in total. The molecule has 0 aromatic heterocycles. The van der Waals surface area contributed by atoms with Crippen LogP contribution in [0, 0.1) is 24.5 Å². The summed E-state index contributed by atoms with van der Waals surface area (Å²) < 4.78 is 34.5. The first kappa shape index (κ1) is 22.9. The van der Waals surface area contributed by atoms with Gasteiger partial charge < -0.3 is 4.74 Å². The third-order valence-corrected chi connectivity index (χ3v) is 7.01. The number of ether oxygens (including phenoxy) is 1. The van der Waals surface area contributed by atoms with Crippen molar-refractivity contribution in [3.05, 3.63) is 83.0 Å². The van der Waals surface area contributed by atoms with Crippen molar-refractivity contribution < 1.29 is 13.5 Å². The maximum Gasteiger partial charge on any atom is 0.166 e. The molecule has 32 heavy (non-hydrogen) atoms. The zero-order valence-electron chi connectivity index (χ0n) is 19.2. The lowest BCUT2D eigenvalue weighted by Gasteiger charge is -2.31. The van der Waals surface area contributed by atoms with Crippen molar-refractivity contribution in [2.45, 2.75) is 70.8 Å². The molecule has 1 aliphatic heterocycles. The largest absolute Gasteiger partial charge is 0.373 e. The molecule has 0 saturated carbocycles. The lowest BCUT2D eigenvalue weighted by molar-refractivity contribution is 0.0274. The van der Waals surface area contributed by atoms with Crippen molar-refractivity contribution in [2.24, 2.45) is 5.92 Å². The molecule has 170 valence electrons. The zero-order chi connectivity index (χ0) is 22.5. The Kier molecular flexibility index (Phi) is 7.57. The van der Waals surface area contributed by atoms with Crippen molar-refractivity contribution >= 4 is 0 Å². The number of hydrogen-bond donors (Lipinski definition) is 0. The number of halogens is 2. The Morgan fingerprint density at radius 1 is 0.969 bits per heavy atom. The molecule has 1 heterocycles. The number of benzene rings is 2. The van der Waals surface area contributed by atoms with Gasteiger partial charge >= 0.3 is 0 Å². The first-order valence-electron chi connectivity index (χ1n) is 12.1. The third kappa shape index (κ3) is 5.20. The number of allylic oxidation sites excluding steroid dienone is 2. The number of aryl methyl sites for hydroxylation is 1. The molecule has 4 rings (SSSR count). The molecule has 3 unspecified atom stereocenters. The van der Waals surface area contributed by atoms with Crippen molar-refractivity contribution in [3.63, 3.8) is 0 Å². The Hall–Kier alpha value is -2.26. The van der Waals surface area contributed by atoms with Gasteiger partial charge in [0.1, 0.15) is 0 Å². The molecule has 1 fully saturated rings. The first-order chi connectivity index (χ1) is 15.6. The highest BCUT2D eigenvalue weighted by atomic mass is 19.2. The second kappa shape index (κ2) is 10.6. The van der Waals surface area contributed by atoms with Crippen LogP contribution in [0.4, 0.5) is 8.78 Å². The van der Waals surface area contributed by atoms with E-state index < -0.39 is 11.6 Å². The fourth-order valence-corrected chi connectivity index (χ4v) is 4.87. The second-order valence-corrected chi connectivity index (χ2v) is 9.33. The Morgan fingerprint density at radius 3 is 2.44 bits per heavy atom.